The number of rotatable bonds is 7. The van der Waals surface area contributed by atoms with Crippen LogP contribution in [0.3, 0.4) is 0 Å². The monoisotopic (exact) mass is 661 g/mol. The topological polar surface area (TPSA) is 89.9 Å². The van der Waals surface area contributed by atoms with Gasteiger partial charge in [-0.25, -0.2) is 19.7 Å². The Labute approximate surface area is 277 Å². The number of amides is 1. The summed E-state index contributed by atoms with van der Waals surface area (Å²) in [5.74, 6) is 0.843. The van der Waals surface area contributed by atoms with E-state index in [1.165, 1.54) is 12.0 Å². The molecule has 0 spiro atoms. The van der Waals surface area contributed by atoms with Crippen molar-refractivity contribution >= 4 is 12.0 Å². The summed E-state index contributed by atoms with van der Waals surface area (Å²) in [6, 6.07) is 9.40. The Balaban J connectivity index is 1.43. The van der Waals surface area contributed by atoms with Gasteiger partial charge < -0.3 is 19.1 Å². The zero-order valence-electron chi connectivity index (χ0n) is 27.8. The van der Waals surface area contributed by atoms with Crippen molar-refractivity contribution in [2.75, 3.05) is 38.3 Å². The first-order chi connectivity index (χ1) is 22.8. The molecular formula is C36H38F3N5O4. The number of cyclic esters (lactones) is 1. The molecule has 0 N–H and O–H groups in total. The zero-order valence-corrected chi connectivity index (χ0v) is 27.8. The van der Waals surface area contributed by atoms with Crippen molar-refractivity contribution in [1.29, 1.82) is 0 Å². The third-order valence-electron chi connectivity index (χ3n) is 8.92. The lowest BCUT2D eigenvalue weighted by molar-refractivity contribution is -0.137. The SMILES string of the molecule is COc1ncc(-c2c(C)cc(C)cc2C)cc1-c1cnc(N2CCOCC2)nc1CN1C(=O)O[C@H](c2cc(C)cc(C(F)(F)F)c2)[C@@H]1C. The third-order valence-corrected chi connectivity index (χ3v) is 8.92. The molecule has 9 nitrogen and oxygen atoms in total. The normalized spacial score (nSPS) is 18.3. The first-order valence-electron chi connectivity index (χ1n) is 15.8. The van der Waals surface area contributed by atoms with E-state index in [9.17, 15) is 18.0 Å². The molecule has 6 rings (SSSR count). The number of alkyl halides is 3. The Hall–Kier alpha value is -4.71. The highest BCUT2D eigenvalue weighted by atomic mass is 19.4. The second-order valence-electron chi connectivity index (χ2n) is 12.5. The number of aryl methyl sites for hydroxylation is 4. The number of carbonyl (C=O) groups excluding carboxylic acids is 1. The number of hydrogen-bond acceptors (Lipinski definition) is 8. The lowest BCUT2D eigenvalue weighted by Crippen LogP contribution is -2.38. The maximum Gasteiger partial charge on any atom is 0.416 e. The fourth-order valence-corrected chi connectivity index (χ4v) is 6.71. The Morgan fingerprint density at radius 2 is 1.60 bits per heavy atom. The summed E-state index contributed by atoms with van der Waals surface area (Å²) in [4.78, 5) is 31.3. The number of hydrogen-bond donors (Lipinski definition) is 0. The van der Waals surface area contributed by atoms with Crippen molar-refractivity contribution < 1.29 is 32.2 Å². The van der Waals surface area contributed by atoms with E-state index in [1.807, 2.05) is 11.0 Å². The molecule has 2 aromatic heterocycles. The molecule has 0 radical (unpaired) electrons. The largest absolute Gasteiger partial charge is 0.481 e. The number of morpholine rings is 1. The summed E-state index contributed by atoms with van der Waals surface area (Å²) in [6.45, 7) is 11.8. The van der Waals surface area contributed by atoms with Crippen molar-refractivity contribution in [3.63, 3.8) is 0 Å². The van der Waals surface area contributed by atoms with Gasteiger partial charge in [-0.3, -0.25) is 4.90 Å². The lowest BCUT2D eigenvalue weighted by Gasteiger charge is -2.28. The Morgan fingerprint density at radius 3 is 2.27 bits per heavy atom. The third kappa shape index (κ3) is 6.53. The lowest BCUT2D eigenvalue weighted by atomic mass is 9.93. The molecule has 12 heteroatoms. The minimum atomic E-state index is -4.53. The second-order valence-corrected chi connectivity index (χ2v) is 12.5. The number of nitrogens with zero attached hydrogens (tertiary/aromatic N) is 5. The molecule has 2 aliphatic rings. The van der Waals surface area contributed by atoms with E-state index in [4.69, 9.17) is 24.2 Å². The van der Waals surface area contributed by atoms with E-state index < -0.39 is 30.0 Å². The molecule has 0 aliphatic carbocycles. The highest BCUT2D eigenvalue weighted by Crippen LogP contribution is 2.40. The first kappa shape index (κ1) is 33.2. The van der Waals surface area contributed by atoms with Crippen molar-refractivity contribution in [2.45, 2.75) is 59.5 Å². The van der Waals surface area contributed by atoms with E-state index in [0.717, 1.165) is 39.9 Å². The smallest absolute Gasteiger partial charge is 0.416 e. The van der Waals surface area contributed by atoms with Gasteiger partial charge in [0.15, 0.2) is 0 Å². The van der Waals surface area contributed by atoms with Crippen molar-refractivity contribution in [3.8, 4) is 28.1 Å². The maximum absolute atomic E-state index is 13.7. The minimum absolute atomic E-state index is 0.0135. The Bertz CT molecular complexity index is 1840. The van der Waals surface area contributed by atoms with Crippen LogP contribution in [0.25, 0.3) is 22.3 Å². The molecule has 1 amide bonds. The number of halogens is 3. The average molecular weight is 662 g/mol. The minimum Gasteiger partial charge on any atom is -0.481 e. The van der Waals surface area contributed by atoms with Gasteiger partial charge in [-0.05, 0) is 75.1 Å². The van der Waals surface area contributed by atoms with Gasteiger partial charge >= 0.3 is 12.3 Å². The van der Waals surface area contributed by atoms with E-state index in [-0.39, 0.29) is 12.1 Å². The Kier molecular flexibility index (Phi) is 9.04. The molecule has 0 saturated carbocycles. The molecule has 2 atom stereocenters. The van der Waals surface area contributed by atoms with Crippen LogP contribution in [0.4, 0.5) is 23.9 Å². The molecule has 2 fully saturated rings. The fourth-order valence-electron chi connectivity index (χ4n) is 6.71. The molecule has 4 aromatic rings. The second kappa shape index (κ2) is 13.1. The number of benzene rings is 2. The molecule has 2 aromatic carbocycles. The van der Waals surface area contributed by atoms with Gasteiger partial charge in [0, 0.05) is 42.2 Å². The van der Waals surface area contributed by atoms with Crippen LogP contribution >= 0.6 is 0 Å². The van der Waals surface area contributed by atoms with Crippen molar-refractivity contribution in [2.24, 2.45) is 0 Å². The number of ether oxygens (including phenoxy) is 3. The summed E-state index contributed by atoms with van der Waals surface area (Å²) in [5.41, 5.74) is 7.01. The van der Waals surface area contributed by atoms with Crippen LogP contribution in [0, 0.1) is 27.7 Å². The van der Waals surface area contributed by atoms with E-state index in [1.54, 1.807) is 32.3 Å². The van der Waals surface area contributed by atoms with Crippen LogP contribution in [-0.2, 0) is 22.2 Å². The average Bonchev–Trinajstić information content (AvgIpc) is 3.32. The van der Waals surface area contributed by atoms with Crippen LogP contribution in [-0.4, -0.2) is 65.4 Å². The molecular weight excluding hydrogens is 623 g/mol. The van der Waals surface area contributed by atoms with E-state index in [2.05, 4.69) is 37.9 Å². The van der Waals surface area contributed by atoms with Crippen LogP contribution in [0.2, 0.25) is 0 Å². The number of anilines is 1. The molecule has 2 aliphatic heterocycles. The molecule has 4 heterocycles. The standard InChI is InChI=1S/C36H38F3N5O4/c1-20-11-22(3)31(23(4)12-20)26-16-28(33(46-6)40-17-26)29-18-41-34(43-7-9-47-10-8-43)42-30(29)19-44-24(5)32(48-35(44)45)25-13-21(2)14-27(15-25)36(37,38)39/h11-18,24,32H,7-10,19H2,1-6H3/t24-,32-/m0/s1. The Morgan fingerprint density at radius 1 is 0.917 bits per heavy atom. The summed E-state index contributed by atoms with van der Waals surface area (Å²) >= 11 is 0. The van der Waals surface area contributed by atoms with E-state index in [0.29, 0.717) is 60.5 Å². The van der Waals surface area contributed by atoms with Gasteiger partial charge in [0.25, 0.3) is 0 Å². The van der Waals surface area contributed by atoms with E-state index >= 15 is 0 Å². The number of carbonyl (C=O) groups is 1. The zero-order chi connectivity index (χ0) is 34.3. The number of methoxy groups -OCH3 is 1. The quantitative estimate of drug-likeness (QED) is 0.203. The van der Waals surface area contributed by atoms with Gasteiger partial charge in [0.05, 0.1) is 44.2 Å². The predicted molar refractivity (Wildman–Crippen MR) is 175 cm³/mol. The van der Waals surface area contributed by atoms with Crippen LogP contribution in [0.1, 0.15) is 52.1 Å². The van der Waals surface area contributed by atoms with Crippen LogP contribution in [0.5, 0.6) is 5.88 Å². The van der Waals surface area contributed by atoms with Crippen LogP contribution in [0.15, 0.2) is 48.8 Å². The summed E-state index contributed by atoms with van der Waals surface area (Å²) in [6.07, 6.45) is -2.60. The first-order valence-corrected chi connectivity index (χ1v) is 15.8. The predicted octanol–water partition coefficient (Wildman–Crippen LogP) is 7.39. The van der Waals surface area contributed by atoms with Crippen LogP contribution < -0.4 is 9.64 Å². The van der Waals surface area contributed by atoms with Gasteiger partial charge in [-0.15, -0.1) is 0 Å². The van der Waals surface area contributed by atoms with Crippen molar-refractivity contribution in [3.05, 3.63) is 87.9 Å². The number of aromatic nitrogens is 3. The highest BCUT2D eigenvalue weighted by molar-refractivity contribution is 5.80. The number of pyridine rings is 1. The van der Waals surface area contributed by atoms with Gasteiger partial charge in [0.1, 0.15) is 6.10 Å². The summed E-state index contributed by atoms with van der Waals surface area (Å²) in [7, 11) is 1.54. The maximum atomic E-state index is 13.7. The highest BCUT2D eigenvalue weighted by Gasteiger charge is 2.42. The fraction of sp³-hybridized carbons (Fsp3) is 0.389. The van der Waals surface area contributed by atoms with Gasteiger partial charge in [-0.2, -0.15) is 13.2 Å². The molecule has 0 bridgehead atoms. The summed E-state index contributed by atoms with van der Waals surface area (Å²) in [5, 5.41) is 0. The molecule has 48 heavy (non-hydrogen) atoms. The molecule has 2 saturated heterocycles. The van der Waals surface area contributed by atoms with Crippen molar-refractivity contribution in [1.82, 2.24) is 19.9 Å². The molecule has 0 unspecified atom stereocenters. The van der Waals surface area contributed by atoms with Gasteiger partial charge in [0.2, 0.25) is 11.8 Å². The van der Waals surface area contributed by atoms with Gasteiger partial charge in [-0.1, -0.05) is 29.3 Å². The molecule has 252 valence electrons. The summed E-state index contributed by atoms with van der Waals surface area (Å²) < 4.78 is 58.0.